The first-order chi connectivity index (χ1) is 7.15. The molecule has 0 aromatic carbocycles. The summed E-state index contributed by atoms with van der Waals surface area (Å²) in [6.07, 6.45) is 3.57. The van der Waals surface area contributed by atoms with Crippen molar-refractivity contribution < 1.29 is 4.79 Å². The van der Waals surface area contributed by atoms with Gasteiger partial charge in [-0.2, -0.15) is 0 Å². The van der Waals surface area contributed by atoms with Crippen LogP contribution in [0.3, 0.4) is 0 Å². The van der Waals surface area contributed by atoms with E-state index in [0.29, 0.717) is 6.04 Å². The lowest BCUT2D eigenvalue weighted by molar-refractivity contribution is -0.120. The highest BCUT2D eigenvalue weighted by Gasteiger charge is 2.25. The first kappa shape index (κ1) is 12.5. The molecule has 3 heteroatoms. The maximum atomic E-state index is 11.0. The normalized spacial score (nSPS) is 27.7. The van der Waals surface area contributed by atoms with Crippen LogP contribution in [0.4, 0.5) is 0 Å². The molecule has 1 saturated heterocycles. The number of nitrogens with zero attached hydrogens (tertiary/aromatic N) is 1. The minimum Gasteiger partial charge on any atom is -0.352 e. The predicted octanol–water partition coefficient (Wildman–Crippen LogP) is 1.63. The first-order valence-corrected chi connectivity index (χ1v) is 6.15. The Balaban J connectivity index is 2.46. The molecular formula is C12H24N2O. The highest BCUT2D eigenvalue weighted by molar-refractivity contribution is 5.73. The fraction of sp³-hybridized carbons (Fsp3) is 0.917. The van der Waals surface area contributed by atoms with Crippen molar-refractivity contribution in [3.63, 3.8) is 0 Å². The predicted molar refractivity (Wildman–Crippen MR) is 62.7 cm³/mol. The van der Waals surface area contributed by atoms with Crippen LogP contribution in [0.15, 0.2) is 0 Å². The zero-order valence-corrected chi connectivity index (χ0v) is 10.3. The molecule has 0 aromatic rings. The fourth-order valence-electron chi connectivity index (χ4n) is 2.49. The molecule has 0 spiro atoms. The Labute approximate surface area is 93.2 Å². The highest BCUT2D eigenvalue weighted by atomic mass is 16.1. The summed E-state index contributed by atoms with van der Waals surface area (Å²) < 4.78 is 0. The lowest BCUT2D eigenvalue weighted by atomic mass is 9.92. The van der Waals surface area contributed by atoms with E-state index in [2.05, 4.69) is 24.1 Å². The van der Waals surface area contributed by atoms with E-state index in [1.165, 1.54) is 19.4 Å². The average molecular weight is 212 g/mol. The smallest absolute Gasteiger partial charge is 0.217 e. The number of rotatable bonds is 4. The summed E-state index contributed by atoms with van der Waals surface area (Å²) in [5.74, 6) is 0.857. The number of nitrogens with one attached hydrogen (secondary N) is 1. The van der Waals surface area contributed by atoms with Gasteiger partial charge in [0.1, 0.15) is 0 Å². The summed E-state index contributed by atoms with van der Waals surface area (Å²) in [5.41, 5.74) is 0. The van der Waals surface area contributed by atoms with E-state index in [1.807, 2.05) is 0 Å². The first-order valence-electron chi connectivity index (χ1n) is 6.15. The maximum Gasteiger partial charge on any atom is 0.217 e. The van der Waals surface area contributed by atoms with Crippen LogP contribution in [0, 0.1) is 5.92 Å². The van der Waals surface area contributed by atoms with Crippen molar-refractivity contribution in [3.8, 4) is 0 Å². The van der Waals surface area contributed by atoms with Crippen molar-refractivity contribution >= 4 is 5.91 Å². The Hall–Kier alpha value is -0.570. The summed E-state index contributed by atoms with van der Waals surface area (Å²) in [6.45, 7) is 9.46. The molecule has 1 rings (SSSR count). The number of hydrogen-bond acceptors (Lipinski definition) is 2. The van der Waals surface area contributed by atoms with E-state index < -0.39 is 0 Å². The van der Waals surface area contributed by atoms with Gasteiger partial charge in [-0.3, -0.25) is 4.79 Å². The molecule has 88 valence electrons. The Morgan fingerprint density at radius 2 is 2.13 bits per heavy atom. The van der Waals surface area contributed by atoms with Crippen molar-refractivity contribution in [2.24, 2.45) is 5.92 Å². The molecule has 2 unspecified atom stereocenters. The van der Waals surface area contributed by atoms with E-state index >= 15 is 0 Å². The molecule has 1 N–H and O–H groups in total. The summed E-state index contributed by atoms with van der Waals surface area (Å²) in [7, 11) is 0. The quantitative estimate of drug-likeness (QED) is 0.768. The average Bonchev–Trinajstić information content (AvgIpc) is 2.16. The molecule has 1 aliphatic rings. The molecule has 2 atom stereocenters. The monoisotopic (exact) mass is 212 g/mol. The summed E-state index contributed by atoms with van der Waals surface area (Å²) in [6, 6.07) is 0.368. The molecule has 1 fully saturated rings. The number of carbonyl (C=O) groups is 1. The third-order valence-corrected chi connectivity index (χ3v) is 3.14. The summed E-state index contributed by atoms with van der Waals surface area (Å²) >= 11 is 0. The van der Waals surface area contributed by atoms with Gasteiger partial charge in [-0.1, -0.05) is 20.3 Å². The minimum absolute atomic E-state index is 0.105. The molecule has 3 nitrogen and oxygen atoms in total. The third kappa shape index (κ3) is 4.20. The van der Waals surface area contributed by atoms with E-state index in [-0.39, 0.29) is 5.91 Å². The van der Waals surface area contributed by atoms with E-state index in [4.69, 9.17) is 0 Å². The number of likely N-dealkylation sites (tertiary alicyclic amines) is 1. The van der Waals surface area contributed by atoms with E-state index in [1.54, 1.807) is 6.92 Å². The molecule has 0 bridgehead atoms. The second-order valence-electron chi connectivity index (χ2n) is 4.67. The molecule has 0 aliphatic carbocycles. The fourth-order valence-corrected chi connectivity index (χ4v) is 2.49. The van der Waals surface area contributed by atoms with Gasteiger partial charge in [0.15, 0.2) is 0 Å². The Morgan fingerprint density at radius 1 is 1.40 bits per heavy atom. The molecular weight excluding hydrogens is 188 g/mol. The van der Waals surface area contributed by atoms with Crippen molar-refractivity contribution in [2.75, 3.05) is 19.6 Å². The van der Waals surface area contributed by atoms with Gasteiger partial charge >= 0.3 is 0 Å². The molecule has 1 aliphatic heterocycles. The van der Waals surface area contributed by atoms with Gasteiger partial charge in [-0.15, -0.1) is 0 Å². The van der Waals surface area contributed by atoms with Gasteiger partial charge in [0.05, 0.1) is 0 Å². The summed E-state index contributed by atoms with van der Waals surface area (Å²) in [5, 5.41) is 3.05. The van der Waals surface area contributed by atoms with Crippen molar-refractivity contribution in [3.05, 3.63) is 0 Å². The van der Waals surface area contributed by atoms with Gasteiger partial charge in [0.2, 0.25) is 5.91 Å². The molecule has 1 amide bonds. The summed E-state index contributed by atoms with van der Waals surface area (Å²) in [4.78, 5) is 13.5. The van der Waals surface area contributed by atoms with Crippen molar-refractivity contribution in [2.45, 2.75) is 46.1 Å². The van der Waals surface area contributed by atoms with Gasteiger partial charge in [-0.25, -0.2) is 0 Å². The Bertz CT molecular complexity index is 206. The SMILES string of the molecule is CCCN1CC(CC)CC(NC(C)=O)C1. The lowest BCUT2D eigenvalue weighted by Crippen LogP contribution is -2.50. The van der Waals surface area contributed by atoms with Crippen LogP contribution in [0.2, 0.25) is 0 Å². The topological polar surface area (TPSA) is 32.3 Å². The second-order valence-corrected chi connectivity index (χ2v) is 4.67. The Morgan fingerprint density at radius 3 is 2.67 bits per heavy atom. The molecule has 1 heterocycles. The van der Waals surface area contributed by atoms with Crippen LogP contribution in [-0.2, 0) is 4.79 Å². The standard InChI is InChI=1S/C12H24N2O/c1-4-6-14-8-11(5-2)7-12(9-14)13-10(3)15/h11-12H,4-9H2,1-3H3,(H,13,15). The molecule has 0 saturated carbocycles. The minimum atomic E-state index is 0.105. The molecule has 15 heavy (non-hydrogen) atoms. The van der Waals surface area contributed by atoms with Crippen molar-refractivity contribution in [1.82, 2.24) is 10.2 Å². The van der Waals surface area contributed by atoms with E-state index in [0.717, 1.165) is 25.4 Å². The van der Waals surface area contributed by atoms with Crippen molar-refractivity contribution in [1.29, 1.82) is 0 Å². The van der Waals surface area contributed by atoms with Gasteiger partial charge in [-0.05, 0) is 25.3 Å². The molecule has 0 aromatic heterocycles. The van der Waals surface area contributed by atoms with Gasteiger partial charge < -0.3 is 10.2 Å². The third-order valence-electron chi connectivity index (χ3n) is 3.14. The van der Waals surface area contributed by atoms with Gasteiger partial charge in [0.25, 0.3) is 0 Å². The number of carbonyl (C=O) groups excluding carboxylic acids is 1. The van der Waals surface area contributed by atoms with Crippen LogP contribution in [-0.4, -0.2) is 36.5 Å². The second kappa shape index (κ2) is 6.11. The van der Waals surface area contributed by atoms with E-state index in [9.17, 15) is 4.79 Å². The number of piperidine rings is 1. The number of amides is 1. The van der Waals surface area contributed by atoms with Crippen LogP contribution < -0.4 is 5.32 Å². The van der Waals surface area contributed by atoms with Crippen LogP contribution in [0.5, 0.6) is 0 Å². The zero-order valence-electron chi connectivity index (χ0n) is 10.3. The Kier molecular flexibility index (Phi) is 5.09. The number of hydrogen-bond donors (Lipinski definition) is 1. The van der Waals surface area contributed by atoms with Crippen LogP contribution in [0.1, 0.15) is 40.0 Å². The highest BCUT2D eigenvalue weighted by Crippen LogP contribution is 2.19. The lowest BCUT2D eigenvalue weighted by Gasteiger charge is -2.37. The molecule has 0 radical (unpaired) electrons. The largest absolute Gasteiger partial charge is 0.352 e. The van der Waals surface area contributed by atoms with Gasteiger partial charge in [0, 0.05) is 26.1 Å². The maximum absolute atomic E-state index is 11.0. The van der Waals surface area contributed by atoms with Crippen LogP contribution in [0.25, 0.3) is 0 Å². The van der Waals surface area contributed by atoms with Crippen LogP contribution >= 0.6 is 0 Å². The zero-order chi connectivity index (χ0) is 11.3.